The Balaban J connectivity index is 1.48. The van der Waals surface area contributed by atoms with E-state index in [4.69, 9.17) is 4.74 Å². The van der Waals surface area contributed by atoms with E-state index in [-0.39, 0.29) is 25.0 Å². The molecule has 4 heteroatoms. The van der Waals surface area contributed by atoms with Gasteiger partial charge in [0.1, 0.15) is 0 Å². The third-order valence-electron chi connectivity index (χ3n) is 4.31. The van der Waals surface area contributed by atoms with Gasteiger partial charge in [-0.15, -0.1) is 0 Å². The van der Waals surface area contributed by atoms with Crippen LogP contribution in [0, 0.1) is 0 Å². The maximum Gasteiger partial charge on any atom is 0.223 e. The topological polar surface area (TPSA) is 58.6 Å². The van der Waals surface area contributed by atoms with Crippen molar-refractivity contribution in [2.24, 2.45) is 0 Å². The van der Waals surface area contributed by atoms with Crippen molar-refractivity contribution in [1.29, 1.82) is 0 Å². The second-order valence-corrected chi connectivity index (χ2v) is 6.16. The summed E-state index contributed by atoms with van der Waals surface area (Å²) in [5, 5.41) is 12.9. The minimum Gasteiger partial charge on any atom is -0.391 e. The Labute approximate surface area is 142 Å². The summed E-state index contributed by atoms with van der Waals surface area (Å²) < 4.78 is 5.75. The van der Waals surface area contributed by atoms with E-state index in [2.05, 4.69) is 11.4 Å². The average molecular weight is 325 g/mol. The number of rotatable bonds is 6. The first-order chi connectivity index (χ1) is 11.7. The third kappa shape index (κ3) is 4.43. The number of nitrogens with one attached hydrogen (secondary N) is 1. The van der Waals surface area contributed by atoms with Crippen molar-refractivity contribution in [3.8, 4) is 0 Å². The lowest BCUT2D eigenvalue weighted by atomic mass is 9.95. The zero-order valence-corrected chi connectivity index (χ0v) is 13.7. The van der Waals surface area contributed by atoms with Crippen molar-refractivity contribution >= 4 is 5.91 Å². The third-order valence-corrected chi connectivity index (χ3v) is 4.31. The van der Waals surface area contributed by atoms with Crippen molar-refractivity contribution in [3.63, 3.8) is 0 Å². The van der Waals surface area contributed by atoms with E-state index in [0.29, 0.717) is 13.0 Å². The van der Waals surface area contributed by atoms with E-state index in [1.165, 1.54) is 5.56 Å². The highest BCUT2D eigenvalue weighted by Crippen LogP contribution is 2.29. The first-order valence-corrected chi connectivity index (χ1v) is 8.40. The lowest BCUT2D eigenvalue weighted by molar-refractivity contribution is -0.124. The summed E-state index contributed by atoms with van der Waals surface area (Å²) in [7, 11) is 0. The lowest BCUT2D eigenvalue weighted by Crippen LogP contribution is -2.34. The molecule has 0 unspecified atom stereocenters. The van der Waals surface area contributed by atoms with Crippen LogP contribution < -0.4 is 5.32 Å². The van der Waals surface area contributed by atoms with Crippen LogP contribution in [0.1, 0.15) is 29.2 Å². The number of ether oxygens (including phenoxy) is 1. The van der Waals surface area contributed by atoms with Gasteiger partial charge < -0.3 is 15.2 Å². The molecule has 0 bridgehead atoms. The van der Waals surface area contributed by atoms with E-state index < -0.39 is 6.10 Å². The van der Waals surface area contributed by atoms with Gasteiger partial charge in [0.25, 0.3) is 0 Å². The van der Waals surface area contributed by atoms with E-state index in [0.717, 1.165) is 17.5 Å². The van der Waals surface area contributed by atoms with Crippen LogP contribution in [0.5, 0.6) is 0 Å². The molecular weight excluding hydrogens is 302 g/mol. The quantitative estimate of drug-likeness (QED) is 0.857. The van der Waals surface area contributed by atoms with Gasteiger partial charge in [0.2, 0.25) is 5.91 Å². The molecule has 1 aliphatic rings. The monoisotopic (exact) mass is 325 g/mol. The van der Waals surface area contributed by atoms with E-state index >= 15 is 0 Å². The Kier molecular flexibility index (Phi) is 5.62. The maximum absolute atomic E-state index is 12.2. The Bertz CT molecular complexity index is 672. The van der Waals surface area contributed by atoms with Gasteiger partial charge in [-0.05, 0) is 23.1 Å². The molecule has 3 rings (SSSR count). The van der Waals surface area contributed by atoms with Gasteiger partial charge in [-0.2, -0.15) is 0 Å². The smallest absolute Gasteiger partial charge is 0.223 e. The highest BCUT2D eigenvalue weighted by Gasteiger charge is 2.23. The Morgan fingerprint density at radius 3 is 2.75 bits per heavy atom. The van der Waals surface area contributed by atoms with Gasteiger partial charge in [-0.1, -0.05) is 54.6 Å². The first kappa shape index (κ1) is 16.7. The summed E-state index contributed by atoms with van der Waals surface area (Å²) in [6.45, 7) is 0.897. The van der Waals surface area contributed by atoms with E-state index in [1.807, 2.05) is 48.5 Å². The molecule has 126 valence electrons. The molecule has 1 amide bonds. The zero-order chi connectivity index (χ0) is 16.8. The second kappa shape index (κ2) is 8.08. The molecule has 2 N–H and O–H groups in total. The molecule has 1 heterocycles. The van der Waals surface area contributed by atoms with Gasteiger partial charge in [0.05, 0.1) is 25.2 Å². The van der Waals surface area contributed by atoms with Crippen molar-refractivity contribution < 1.29 is 14.6 Å². The summed E-state index contributed by atoms with van der Waals surface area (Å²) in [4.78, 5) is 12.2. The molecule has 2 aromatic carbocycles. The van der Waals surface area contributed by atoms with Crippen LogP contribution >= 0.6 is 0 Å². The molecule has 1 aliphatic heterocycles. The molecule has 0 spiro atoms. The summed E-state index contributed by atoms with van der Waals surface area (Å²) in [5.41, 5.74) is 3.41. The van der Waals surface area contributed by atoms with Crippen molar-refractivity contribution in [2.75, 3.05) is 13.2 Å². The number of hydrogen-bond donors (Lipinski definition) is 2. The first-order valence-electron chi connectivity index (χ1n) is 8.40. The molecule has 4 nitrogen and oxygen atoms in total. The van der Waals surface area contributed by atoms with Gasteiger partial charge >= 0.3 is 0 Å². The average Bonchev–Trinajstić information content (AvgIpc) is 2.61. The Hall–Kier alpha value is -2.17. The summed E-state index contributed by atoms with van der Waals surface area (Å²) in [6, 6.07) is 17.9. The van der Waals surface area contributed by atoms with Crippen LogP contribution in [-0.2, 0) is 22.4 Å². The number of carbonyl (C=O) groups excluding carboxylic acids is 1. The molecule has 0 radical (unpaired) electrons. The molecule has 0 aliphatic carbocycles. The number of aliphatic hydroxyl groups excluding tert-OH is 1. The molecule has 2 aromatic rings. The zero-order valence-electron chi connectivity index (χ0n) is 13.7. The van der Waals surface area contributed by atoms with Crippen molar-refractivity contribution in [1.82, 2.24) is 5.32 Å². The van der Waals surface area contributed by atoms with Crippen molar-refractivity contribution in [2.45, 2.75) is 31.5 Å². The van der Waals surface area contributed by atoms with Crippen LogP contribution in [0.2, 0.25) is 0 Å². The number of carbonyl (C=O) groups is 1. The second-order valence-electron chi connectivity index (χ2n) is 6.16. The van der Waals surface area contributed by atoms with Crippen LogP contribution in [0.4, 0.5) is 0 Å². The number of amides is 1. The molecule has 0 aromatic heterocycles. The van der Waals surface area contributed by atoms with Crippen LogP contribution in [0.3, 0.4) is 0 Å². The SMILES string of the molecule is O=C(C[C@@H]1OCCc2ccccc21)NC[C@@H](O)Cc1ccccc1. The minimum absolute atomic E-state index is 0.0937. The number of fused-ring (bicyclic) bond motifs is 1. The fraction of sp³-hybridized carbons (Fsp3) is 0.350. The fourth-order valence-electron chi connectivity index (χ4n) is 3.08. The number of benzene rings is 2. The number of hydrogen-bond acceptors (Lipinski definition) is 3. The van der Waals surface area contributed by atoms with Crippen LogP contribution in [0.15, 0.2) is 54.6 Å². The summed E-state index contributed by atoms with van der Waals surface area (Å²) in [6.07, 6.45) is 0.931. The number of aliphatic hydroxyl groups is 1. The molecule has 0 saturated heterocycles. The fourth-order valence-corrected chi connectivity index (χ4v) is 3.08. The van der Waals surface area contributed by atoms with Crippen LogP contribution in [0.25, 0.3) is 0 Å². The molecule has 0 saturated carbocycles. The predicted molar refractivity (Wildman–Crippen MR) is 92.6 cm³/mol. The largest absolute Gasteiger partial charge is 0.391 e. The van der Waals surface area contributed by atoms with Crippen molar-refractivity contribution in [3.05, 3.63) is 71.3 Å². The van der Waals surface area contributed by atoms with E-state index in [9.17, 15) is 9.90 Å². The van der Waals surface area contributed by atoms with Gasteiger partial charge in [0.15, 0.2) is 0 Å². The van der Waals surface area contributed by atoms with Crippen LogP contribution in [-0.4, -0.2) is 30.3 Å². The summed E-state index contributed by atoms with van der Waals surface area (Å²) in [5.74, 6) is -0.0937. The predicted octanol–water partition coefficient (Wildman–Crippen LogP) is 2.41. The summed E-state index contributed by atoms with van der Waals surface area (Å²) >= 11 is 0. The normalized spacial score (nSPS) is 17.8. The molecule has 2 atom stereocenters. The van der Waals surface area contributed by atoms with E-state index in [1.54, 1.807) is 0 Å². The highest BCUT2D eigenvalue weighted by molar-refractivity contribution is 5.76. The van der Waals surface area contributed by atoms with Gasteiger partial charge in [0, 0.05) is 13.0 Å². The maximum atomic E-state index is 12.2. The Morgan fingerprint density at radius 1 is 1.17 bits per heavy atom. The van der Waals surface area contributed by atoms with Gasteiger partial charge in [-0.25, -0.2) is 0 Å². The highest BCUT2D eigenvalue weighted by atomic mass is 16.5. The molecule has 0 fully saturated rings. The Morgan fingerprint density at radius 2 is 1.92 bits per heavy atom. The lowest BCUT2D eigenvalue weighted by Gasteiger charge is -2.25. The van der Waals surface area contributed by atoms with Gasteiger partial charge in [-0.3, -0.25) is 4.79 Å². The minimum atomic E-state index is -0.587. The molecular formula is C20H23NO3. The molecule has 24 heavy (non-hydrogen) atoms. The standard InChI is InChI=1S/C20H23NO3/c22-17(12-15-6-2-1-3-7-15)14-21-20(23)13-19-18-9-5-4-8-16(18)10-11-24-19/h1-9,17,19,22H,10-14H2,(H,21,23)/t17-,19-/m0/s1.